The Morgan fingerprint density at radius 3 is 2.61 bits per heavy atom. The Morgan fingerprint density at radius 2 is 1.86 bits per heavy atom. The number of carbonyl (C=O) groups is 1. The third-order valence-electron chi connectivity index (χ3n) is 6.33. The van der Waals surface area contributed by atoms with Crippen LogP contribution in [0, 0.1) is 5.92 Å². The highest BCUT2D eigenvalue weighted by Crippen LogP contribution is 2.33. The number of fused-ring (bicyclic) bond motifs is 1. The van der Waals surface area contributed by atoms with Crippen molar-refractivity contribution in [1.29, 1.82) is 0 Å². The molecule has 0 spiro atoms. The molecule has 1 aromatic rings. The molecule has 0 unspecified atom stereocenters. The summed E-state index contributed by atoms with van der Waals surface area (Å²) in [7, 11) is 0. The Morgan fingerprint density at radius 1 is 1.07 bits per heavy atom. The lowest BCUT2D eigenvalue weighted by Crippen LogP contribution is -2.42. The number of amides is 1. The van der Waals surface area contributed by atoms with E-state index < -0.39 is 11.7 Å². The zero-order chi connectivity index (χ0) is 19.7. The second kappa shape index (κ2) is 8.03. The zero-order valence-corrected chi connectivity index (χ0v) is 15.9. The van der Waals surface area contributed by atoms with Gasteiger partial charge >= 0.3 is 6.18 Å². The third kappa shape index (κ3) is 4.35. The first kappa shape index (κ1) is 19.7. The minimum atomic E-state index is -4.32. The number of nitrogens with zero attached hydrogens (tertiary/aromatic N) is 1. The lowest BCUT2D eigenvalue weighted by Gasteiger charge is -2.31. The van der Waals surface area contributed by atoms with Crippen molar-refractivity contribution in [2.75, 3.05) is 19.8 Å². The smallest absolute Gasteiger partial charge is 0.381 e. The average Bonchev–Trinajstić information content (AvgIpc) is 3.15. The van der Waals surface area contributed by atoms with E-state index in [0.717, 1.165) is 56.9 Å². The van der Waals surface area contributed by atoms with Gasteiger partial charge in [-0.25, -0.2) is 0 Å². The van der Waals surface area contributed by atoms with Crippen LogP contribution in [0.15, 0.2) is 18.2 Å². The molecule has 1 saturated carbocycles. The SMILES string of the molecule is O=C([C@H]1CC[C@@H](NC2CCOCC2)C1)N1CCc2cc(C(F)(F)F)ccc2C1. The molecule has 1 aliphatic carbocycles. The number of nitrogens with one attached hydrogen (secondary N) is 1. The molecule has 2 heterocycles. The first-order chi connectivity index (χ1) is 13.4. The van der Waals surface area contributed by atoms with Crippen LogP contribution in [0.3, 0.4) is 0 Å². The topological polar surface area (TPSA) is 41.6 Å². The molecule has 7 heteroatoms. The summed E-state index contributed by atoms with van der Waals surface area (Å²) in [6.45, 7) is 2.52. The van der Waals surface area contributed by atoms with Crippen LogP contribution in [0.4, 0.5) is 13.2 Å². The quantitative estimate of drug-likeness (QED) is 0.850. The number of alkyl halides is 3. The summed E-state index contributed by atoms with van der Waals surface area (Å²) < 4.78 is 44.1. The van der Waals surface area contributed by atoms with Crippen LogP contribution in [0.1, 0.15) is 48.8 Å². The second-order valence-electron chi connectivity index (χ2n) is 8.25. The van der Waals surface area contributed by atoms with E-state index in [-0.39, 0.29) is 11.8 Å². The van der Waals surface area contributed by atoms with E-state index in [0.29, 0.717) is 37.2 Å². The van der Waals surface area contributed by atoms with Crippen molar-refractivity contribution in [3.05, 3.63) is 34.9 Å². The predicted molar refractivity (Wildman–Crippen MR) is 98.7 cm³/mol. The molecule has 4 nitrogen and oxygen atoms in total. The van der Waals surface area contributed by atoms with Crippen LogP contribution in [-0.2, 0) is 28.7 Å². The highest BCUT2D eigenvalue weighted by molar-refractivity contribution is 5.79. The van der Waals surface area contributed by atoms with E-state index in [9.17, 15) is 18.0 Å². The van der Waals surface area contributed by atoms with Gasteiger partial charge in [-0.05, 0) is 61.8 Å². The van der Waals surface area contributed by atoms with Crippen molar-refractivity contribution in [3.63, 3.8) is 0 Å². The normalized spacial score (nSPS) is 26.3. The van der Waals surface area contributed by atoms with E-state index >= 15 is 0 Å². The van der Waals surface area contributed by atoms with Gasteiger partial charge in [-0.2, -0.15) is 13.2 Å². The summed E-state index contributed by atoms with van der Waals surface area (Å²) in [5.41, 5.74) is 0.940. The van der Waals surface area contributed by atoms with Crippen LogP contribution >= 0.6 is 0 Å². The molecule has 2 aliphatic heterocycles. The standard InChI is InChI=1S/C21H27F3N2O2/c22-21(23,24)17-3-1-16-13-26(8-5-14(16)11-17)20(27)15-2-4-19(12-15)25-18-6-9-28-10-7-18/h1,3,11,15,18-19,25H,2,4-10,12-13H2/t15-,19+/m0/s1. The molecule has 4 rings (SSSR count). The fourth-order valence-electron chi connectivity index (χ4n) is 4.73. The Labute approximate surface area is 163 Å². The van der Waals surface area contributed by atoms with Crippen LogP contribution in [0.2, 0.25) is 0 Å². The van der Waals surface area contributed by atoms with Gasteiger partial charge in [0.2, 0.25) is 5.91 Å². The van der Waals surface area contributed by atoms with Gasteiger partial charge in [-0.15, -0.1) is 0 Å². The second-order valence-corrected chi connectivity index (χ2v) is 8.25. The van der Waals surface area contributed by atoms with Crippen LogP contribution in [-0.4, -0.2) is 42.6 Å². The molecule has 1 N–H and O–H groups in total. The van der Waals surface area contributed by atoms with Crippen LogP contribution in [0.25, 0.3) is 0 Å². The number of hydrogen-bond donors (Lipinski definition) is 1. The molecule has 0 aromatic heterocycles. The number of rotatable bonds is 3. The van der Waals surface area contributed by atoms with Gasteiger partial charge in [0.1, 0.15) is 0 Å². The largest absolute Gasteiger partial charge is 0.416 e. The Balaban J connectivity index is 1.33. The molecule has 1 aromatic carbocycles. The Bertz CT molecular complexity index is 716. The van der Waals surface area contributed by atoms with Gasteiger partial charge in [-0.1, -0.05) is 6.07 Å². The van der Waals surface area contributed by atoms with Crippen molar-refractivity contribution < 1.29 is 22.7 Å². The summed E-state index contributed by atoms with van der Waals surface area (Å²) in [4.78, 5) is 14.8. The number of hydrogen-bond acceptors (Lipinski definition) is 3. The predicted octanol–water partition coefficient (Wildman–Crippen LogP) is 3.53. The first-order valence-electron chi connectivity index (χ1n) is 10.2. The number of carbonyl (C=O) groups excluding carboxylic acids is 1. The van der Waals surface area contributed by atoms with Gasteiger partial charge in [-0.3, -0.25) is 4.79 Å². The van der Waals surface area contributed by atoms with E-state index in [1.807, 2.05) is 4.90 Å². The fourth-order valence-corrected chi connectivity index (χ4v) is 4.73. The first-order valence-corrected chi connectivity index (χ1v) is 10.2. The van der Waals surface area contributed by atoms with Crippen LogP contribution < -0.4 is 5.32 Å². The molecule has 28 heavy (non-hydrogen) atoms. The summed E-state index contributed by atoms with van der Waals surface area (Å²) in [5, 5.41) is 3.68. The monoisotopic (exact) mass is 396 g/mol. The van der Waals surface area contributed by atoms with Gasteiger partial charge < -0.3 is 15.0 Å². The van der Waals surface area contributed by atoms with E-state index in [4.69, 9.17) is 4.74 Å². The van der Waals surface area contributed by atoms with Crippen molar-refractivity contribution in [3.8, 4) is 0 Å². The van der Waals surface area contributed by atoms with E-state index in [1.165, 1.54) is 12.1 Å². The van der Waals surface area contributed by atoms with E-state index in [1.54, 1.807) is 0 Å². The maximum absolute atomic E-state index is 13.0. The van der Waals surface area contributed by atoms with Crippen molar-refractivity contribution in [1.82, 2.24) is 10.2 Å². The maximum atomic E-state index is 13.0. The van der Waals surface area contributed by atoms with Gasteiger partial charge in [0.25, 0.3) is 0 Å². The summed E-state index contributed by atoms with van der Waals surface area (Å²) in [6, 6.07) is 4.75. The highest BCUT2D eigenvalue weighted by atomic mass is 19.4. The van der Waals surface area contributed by atoms with Gasteiger partial charge in [0.15, 0.2) is 0 Å². The number of ether oxygens (including phenoxy) is 1. The molecule has 1 amide bonds. The molecule has 1 saturated heterocycles. The minimum absolute atomic E-state index is 0.0216. The summed E-state index contributed by atoms with van der Waals surface area (Å²) in [5.74, 6) is 0.176. The fraction of sp³-hybridized carbons (Fsp3) is 0.667. The molecule has 3 aliphatic rings. The third-order valence-corrected chi connectivity index (χ3v) is 6.33. The lowest BCUT2D eigenvalue weighted by molar-refractivity contribution is -0.138. The van der Waals surface area contributed by atoms with Crippen molar-refractivity contribution in [2.24, 2.45) is 5.92 Å². The summed E-state index contributed by atoms with van der Waals surface area (Å²) >= 11 is 0. The molecule has 2 fully saturated rings. The summed E-state index contributed by atoms with van der Waals surface area (Å²) in [6.07, 6.45) is 0.964. The lowest BCUT2D eigenvalue weighted by atomic mass is 9.95. The van der Waals surface area contributed by atoms with Crippen LogP contribution in [0.5, 0.6) is 0 Å². The maximum Gasteiger partial charge on any atom is 0.416 e. The van der Waals surface area contributed by atoms with Gasteiger partial charge in [0, 0.05) is 44.3 Å². The minimum Gasteiger partial charge on any atom is -0.381 e. The average molecular weight is 396 g/mol. The number of benzene rings is 1. The van der Waals surface area contributed by atoms with E-state index in [2.05, 4.69) is 5.32 Å². The van der Waals surface area contributed by atoms with Crippen molar-refractivity contribution in [2.45, 2.75) is 63.3 Å². The van der Waals surface area contributed by atoms with Crippen molar-refractivity contribution >= 4 is 5.91 Å². The zero-order valence-electron chi connectivity index (χ0n) is 15.9. The molecule has 0 radical (unpaired) electrons. The molecule has 2 atom stereocenters. The molecule has 154 valence electrons. The molecular weight excluding hydrogens is 369 g/mol. The Kier molecular flexibility index (Phi) is 5.65. The van der Waals surface area contributed by atoms with Gasteiger partial charge in [0.05, 0.1) is 5.56 Å². The highest BCUT2D eigenvalue weighted by Gasteiger charge is 2.36. The molecule has 0 bridgehead atoms. The number of halogens is 3. The Hall–Kier alpha value is -1.60. The molecular formula is C21H27F3N2O2.